The van der Waals surface area contributed by atoms with Gasteiger partial charge in [0.05, 0.1) is 4.88 Å². The molecule has 1 heterocycles. The number of aliphatic hydroxyl groups is 1. The number of hydrogen-bond acceptors (Lipinski definition) is 6. The Morgan fingerprint density at radius 1 is 1.07 bits per heavy atom. The first-order chi connectivity index (χ1) is 12.5. The molecule has 0 fully saturated rings. The van der Waals surface area contributed by atoms with Crippen LogP contribution in [0.15, 0.2) is 5.51 Å². The molecule has 0 saturated carbocycles. The van der Waals surface area contributed by atoms with E-state index < -0.39 is 31.1 Å². The van der Waals surface area contributed by atoms with Crippen LogP contribution < -0.4 is 4.57 Å². The maximum atomic E-state index is 11.4. The van der Waals surface area contributed by atoms with E-state index in [-0.39, 0.29) is 6.61 Å². The SMILES string of the molecule is CCCC[n+]1csc(CCO)c1C.O=S(=O)([N-]S(=O)(=O)C(F)(F)F)C(F)(F)F. The number of halogens is 6. The minimum absolute atomic E-state index is 0.259. The molecule has 0 spiro atoms. The fourth-order valence-electron chi connectivity index (χ4n) is 1.56. The van der Waals surface area contributed by atoms with Gasteiger partial charge in [-0.2, -0.15) is 30.9 Å². The maximum absolute atomic E-state index is 11.4. The van der Waals surface area contributed by atoms with Gasteiger partial charge >= 0.3 is 11.0 Å². The van der Waals surface area contributed by atoms with Crippen LogP contribution in [-0.4, -0.2) is 39.6 Å². The third-order valence-corrected chi connectivity index (χ3v) is 6.91. The van der Waals surface area contributed by atoms with Crippen molar-refractivity contribution in [1.29, 1.82) is 0 Å². The monoisotopic (exact) mass is 480 g/mol. The Bertz CT molecular complexity index is 789. The molecular weight excluding hydrogens is 462 g/mol. The van der Waals surface area contributed by atoms with E-state index >= 15 is 0 Å². The number of aliphatic hydroxyl groups excluding tert-OH is 1. The standard InChI is InChI=1S/C10H18NOS.C2F6NO4S2/c1-3-4-6-11-8-13-10(5-7-12)9(11)2;3-1(4,5)14(10,11)9-15(12,13)2(6,7)8/h8,12H,3-7H2,1-2H3;/q+1;-1. The number of nitrogens with zero attached hydrogens (tertiary/aromatic N) is 2. The molecule has 0 saturated heterocycles. The van der Waals surface area contributed by atoms with E-state index in [0.29, 0.717) is 0 Å². The minimum atomic E-state index is -6.72. The van der Waals surface area contributed by atoms with Gasteiger partial charge in [0, 0.05) is 26.4 Å². The summed E-state index contributed by atoms with van der Waals surface area (Å²) in [5.74, 6) is 0. The van der Waals surface area contributed by atoms with Crippen LogP contribution in [0.25, 0.3) is 4.13 Å². The van der Waals surface area contributed by atoms with Crippen LogP contribution in [-0.2, 0) is 33.0 Å². The van der Waals surface area contributed by atoms with E-state index in [2.05, 4.69) is 23.9 Å². The van der Waals surface area contributed by atoms with Crippen LogP contribution in [0.1, 0.15) is 30.3 Å². The van der Waals surface area contributed by atoms with Crippen molar-refractivity contribution < 1.29 is 52.9 Å². The zero-order valence-corrected chi connectivity index (χ0v) is 17.0. The molecule has 7 nitrogen and oxygen atoms in total. The molecule has 1 aromatic heterocycles. The van der Waals surface area contributed by atoms with Gasteiger partial charge in [-0.15, -0.1) is 0 Å². The largest absolute Gasteiger partial charge is 0.480 e. The fourth-order valence-corrected chi connectivity index (χ4v) is 4.28. The second-order valence-corrected chi connectivity index (χ2v) is 9.53. The second-order valence-electron chi connectivity index (χ2n) is 5.17. The van der Waals surface area contributed by atoms with Gasteiger partial charge < -0.3 is 9.23 Å². The number of rotatable bonds is 7. The lowest BCUT2D eigenvalue weighted by Crippen LogP contribution is -2.34. The minimum Gasteiger partial charge on any atom is -0.421 e. The van der Waals surface area contributed by atoms with Crippen molar-refractivity contribution in [3.8, 4) is 0 Å². The summed E-state index contributed by atoms with van der Waals surface area (Å²) in [6, 6.07) is 0. The highest BCUT2D eigenvalue weighted by Crippen LogP contribution is 2.36. The van der Waals surface area contributed by atoms with Crippen LogP contribution in [0.4, 0.5) is 26.3 Å². The van der Waals surface area contributed by atoms with Crippen molar-refractivity contribution in [1.82, 2.24) is 0 Å². The Hall–Kier alpha value is -0.970. The van der Waals surface area contributed by atoms with Crippen molar-refractivity contribution in [3.63, 3.8) is 0 Å². The number of aryl methyl sites for hydroxylation is 1. The summed E-state index contributed by atoms with van der Waals surface area (Å²) in [5, 5.41) is 8.83. The molecular formula is C12H18F6N2O5S3. The first-order valence-corrected chi connectivity index (χ1v) is 11.2. The highest BCUT2D eigenvalue weighted by Gasteiger charge is 2.46. The summed E-state index contributed by atoms with van der Waals surface area (Å²) in [4.78, 5) is 1.32. The molecule has 16 heteroatoms. The molecule has 28 heavy (non-hydrogen) atoms. The van der Waals surface area contributed by atoms with Gasteiger partial charge in [-0.3, -0.25) is 0 Å². The van der Waals surface area contributed by atoms with Crippen molar-refractivity contribution >= 4 is 31.4 Å². The van der Waals surface area contributed by atoms with Gasteiger partial charge in [0.1, 0.15) is 6.54 Å². The lowest BCUT2D eigenvalue weighted by atomic mass is 10.3. The van der Waals surface area contributed by atoms with Gasteiger partial charge in [0.25, 0.3) is 0 Å². The number of sulfonamides is 2. The van der Waals surface area contributed by atoms with E-state index in [9.17, 15) is 43.2 Å². The molecule has 1 aromatic rings. The Balaban J connectivity index is 0.000000525. The summed E-state index contributed by atoms with van der Waals surface area (Å²) in [6.07, 6.45) is 3.27. The molecule has 0 aliphatic rings. The number of thiazole rings is 1. The number of alkyl halides is 6. The van der Waals surface area contributed by atoms with Gasteiger partial charge in [0.15, 0.2) is 25.7 Å². The quantitative estimate of drug-likeness (QED) is 0.477. The van der Waals surface area contributed by atoms with Gasteiger partial charge in [-0.05, 0) is 0 Å². The molecule has 166 valence electrons. The lowest BCUT2D eigenvalue weighted by molar-refractivity contribution is -0.698. The maximum Gasteiger partial charge on any atom is 0.480 e. The van der Waals surface area contributed by atoms with Crippen LogP contribution in [0.5, 0.6) is 0 Å². The number of unbranched alkanes of at least 4 members (excludes halogenated alkanes) is 1. The van der Waals surface area contributed by atoms with E-state index in [1.807, 2.05) is 0 Å². The van der Waals surface area contributed by atoms with Crippen molar-refractivity contribution in [2.75, 3.05) is 6.61 Å². The van der Waals surface area contributed by atoms with E-state index in [1.165, 1.54) is 23.4 Å². The molecule has 1 rings (SSSR count). The molecule has 0 amide bonds. The molecule has 0 atom stereocenters. The third kappa shape index (κ3) is 7.81. The summed E-state index contributed by atoms with van der Waals surface area (Å²) in [5.41, 5.74) is -8.92. The Morgan fingerprint density at radius 2 is 1.54 bits per heavy atom. The van der Waals surface area contributed by atoms with Crippen molar-refractivity contribution in [2.45, 2.75) is 50.7 Å². The first-order valence-electron chi connectivity index (χ1n) is 7.44. The summed E-state index contributed by atoms with van der Waals surface area (Å²) >= 11 is 1.75. The first kappa shape index (κ1) is 27.0. The molecule has 0 radical (unpaired) electrons. The molecule has 0 bridgehead atoms. The Labute approximate surface area is 162 Å². The molecule has 0 aliphatic heterocycles. The highest BCUT2D eigenvalue weighted by atomic mass is 32.3. The van der Waals surface area contributed by atoms with Gasteiger partial charge in [-0.25, -0.2) is 16.8 Å². The van der Waals surface area contributed by atoms with Crippen LogP contribution in [0.2, 0.25) is 0 Å². The average molecular weight is 480 g/mol. The predicted molar refractivity (Wildman–Crippen MR) is 88.3 cm³/mol. The van der Waals surface area contributed by atoms with Crippen molar-refractivity contribution in [2.24, 2.45) is 0 Å². The smallest absolute Gasteiger partial charge is 0.421 e. The fraction of sp³-hybridized carbons (Fsp3) is 0.750. The normalized spacial score (nSPS) is 13.2. The number of aromatic nitrogens is 1. The Kier molecular flexibility index (Phi) is 9.82. The lowest BCUT2D eigenvalue weighted by Gasteiger charge is -2.22. The molecule has 0 aromatic carbocycles. The zero-order chi connectivity index (χ0) is 22.4. The topological polar surface area (TPSA) is 106 Å². The zero-order valence-electron chi connectivity index (χ0n) is 14.6. The van der Waals surface area contributed by atoms with Crippen LogP contribution in [0.3, 0.4) is 0 Å². The van der Waals surface area contributed by atoms with Crippen LogP contribution in [0, 0.1) is 6.92 Å². The molecule has 1 N–H and O–H groups in total. The van der Waals surface area contributed by atoms with E-state index in [4.69, 9.17) is 5.11 Å². The van der Waals surface area contributed by atoms with E-state index in [1.54, 1.807) is 11.3 Å². The summed E-state index contributed by atoms with van der Waals surface area (Å²) < 4.78 is 111. The summed E-state index contributed by atoms with van der Waals surface area (Å²) in [7, 11) is -13.4. The third-order valence-electron chi connectivity index (χ3n) is 3.03. The Morgan fingerprint density at radius 3 is 1.89 bits per heavy atom. The average Bonchev–Trinajstić information content (AvgIpc) is 2.84. The molecule has 0 aliphatic carbocycles. The van der Waals surface area contributed by atoms with Crippen LogP contribution >= 0.6 is 11.3 Å². The second kappa shape index (κ2) is 10.2. The van der Waals surface area contributed by atoms with Gasteiger partial charge in [-0.1, -0.05) is 24.7 Å². The molecule has 0 unspecified atom stereocenters. The number of hydrogen-bond donors (Lipinski definition) is 1. The van der Waals surface area contributed by atoms with E-state index in [0.717, 1.165) is 17.1 Å². The van der Waals surface area contributed by atoms with Gasteiger partial charge in [0.2, 0.25) is 5.51 Å². The predicted octanol–water partition coefficient (Wildman–Crippen LogP) is 2.74. The van der Waals surface area contributed by atoms with Crippen molar-refractivity contribution in [3.05, 3.63) is 20.2 Å². The summed E-state index contributed by atoms with van der Waals surface area (Å²) in [6.45, 7) is 5.72. The highest BCUT2D eigenvalue weighted by molar-refractivity contribution is 8.13.